The van der Waals surface area contributed by atoms with E-state index >= 15 is 0 Å². The standard InChI is InChI=1S/C19H20N4O/c20-18(11-6-14-4-2-1-3-5-14)19(24)23-17-9-7-15(8-10-17)16-12-21-22-13-16/h1-5,7-10,12-13,18H,6,11,20H2,(H,21,22)(H,23,24). The number of rotatable bonds is 6. The third-order valence-electron chi connectivity index (χ3n) is 3.91. The van der Waals surface area contributed by atoms with Crippen molar-refractivity contribution in [2.75, 3.05) is 5.32 Å². The number of nitrogens with zero attached hydrogens (tertiary/aromatic N) is 1. The summed E-state index contributed by atoms with van der Waals surface area (Å²) in [6, 6.07) is 17.1. The normalized spacial score (nSPS) is 11.9. The lowest BCUT2D eigenvalue weighted by atomic mass is 10.1. The van der Waals surface area contributed by atoms with Gasteiger partial charge in [0.1, 0.15) is 0 Å². The van der Waals surface area contributed by atoms with Crippen molar-refractivity contribution in [2.24, 2.45) is 5.73 Å². The fourth-order valence-corrected chi connectivity index (χ4v) is 2.49. The minimum Gasteiger partial charge on any atom is -0.325 e. The molecule has 0 bridgehead atoms. The van der Waals surface area contributed by atoms with Crippen LogP contribution in [-0.4, -0.2) is 22.1 Å². The molecule has 2 aromatic carbocycles. The van der Waals surface area contributed by atoms with Gasteiger partial charge in [0.05, 0.1) is 12.2 Å². The molecule has 0 aliphatic carbocycles. The second-order valence-corrected chi connectivity index (χ2v) is 5.68. The summed E-state index contributed by atoms with van der Waals surface area (Å²) < 4.78 is 0. The average Bonchev–Trinajstić information content (AvgIpc) is 3.16. The summed E-state index contributed by atoms with van der Waals surface area (Å²) in [7, 11) is 0. The van der Waals surface area contributed by atoms with E-state index in [-0.39, 0.29) is 5.91 Å². The zero-order chi connectivity index (χ0) is 16.8. The molecular weight excluding hydrogens is 300 g/mol. The van der Waals surface area contributed by atoms with Crippen LogP contribution < -0.4 is 11.1 Å². The molecule has 3 rings (SSSR count). The molecular formula is C19H20N4O. The van der Waals surface area contributed by atoms with E-state index in [0.29, 0.717) is 6.42 Å². The van der Waals surface area contributed by atoms with Crippen LogP contribution in [0.3, 0.4) is 0 Å². The van der Waals surface area contributed by atoms with Crippen LogP contribution in [0.5, 0.6) is 0 Å². The molecule has 24 heavy (non-hydrogen) atoms. The third kappa shape index (κ3) is 4.08. The Kier molecular flexibility index (Phi) is 5.03. The maximum atomic E-state index is 12.2. The highest BCUT2D eigenvalue weighted by Crippen LogP contribution is 2.20. The molecule has 0 spiro atoms. The van der Waals surface area contributed by atoms with E-state index in [1.165, 1.54) is 5.56 Å². The Labute approximate surface area is 140 Å². The zero-order valence-electron chi connectivity index (χ0n) is 13.3. The van der Waals surface area contributed by atoms with E-state index in [4.69, 9.17) is 5.73 Å². The molecule has 1 atom stereocenters. The van der Waals surface area contributed by atoms with Gasteiger partial charge in [0.25, 0.3) is 0 Å². The molecule has 1 aromatic heterocycles. The maximum absolute atomic E-state index is 12.2. The first-order valence-corrected chi connectivity index (χ1v) is 7.92. The number of aromatic nitrogens is 2. The van der Waals surface area contributed by atoms with Crippen molar-refractivity contribution in [2.45, 2.75) is 18.9 Å². The quantitative estimate of drug-likeness (QED) is 0.653. The monoisotopic (exact) mass is 320 g/mol. The summed E-state index contributed by atoms with van der Waals surface area (Å²) in [4.78, 5) is 12.2. The van der Waals surface area contributed by atoms with Gasteiger partial charge in [-0.3, -0.25) is 9.89 Å². The van der Waals surface area contributed by atoms with Crippen LogP contribution in [0.2, 0.25) is 0 Å². The topological polar surface area (TPSA) is 83.8 Å². The summed E-state index contributed by atoms with van der Waals surface area (Å²) in [5.41, 5.74) is 9.96. The number of anilines is 1. The van der Waals surface area contributed by atoms with E-state index in [1.54, 1.807) is 6.20 Å². The molecule has 0 fully saturated rings. The van der Waals surface area contributed by atoms with Gasteiger partial charge in [-0.25, -0.2) is 0 Å². The van der Waals surface area contributed by atoms with Gasteiger partial charge in [-0.05, 0) is 36.1 Å². The first-order chi connectivity index (χ1) is 11.7. The highest BCUT2D eigenvalue weighted by molar-refractivity contribution is 5.94. The Balaban J connectivity index is 1.54. The number of hydrogen-bond donors (Lipinski definition) is 3. The highest BCUT2D eigenvalue weighted by atomic mass is 16.2. The molecule has 1 unspecified atom stereocenters. The van der Waals surface area contributed by atoms with Gasteiger partial charge in [0.2, 0.25) is 5.91 Å². The van der Waals surface area contributed by atoms with Crippen molar-refractivity contribution in [3.63, 3.8) is 0 Å². The Hall–Kier alpha value is -2.92. The number of benzene rings is 2. The Morgan fingerprint density at radius 2 is 1.83 bits per heavy atom. The molecule has 0 aliphatic heterocycles. The zero-order valence-corrected chi connectivity index (χ0v) is 13.3. The minimum absolute atomic E-state index is 0.165. The first kappa shape index (κ1) is 16.0. The van der Waals surface area contributed by atoms with Crippen molar-refractivity contribution in [1.29, 1.82) is 0 Å². The molecule has 0 aliphatic rings. The van der Waals surface area contributed by atoms with Crippen molar-refractivity contribution in [3.8, 4) is 11.1 Å². The second kappa shape index (κ2) is 7.57. The summed E-state index contributed by atoms with van der Waals surface area (Å²) in [5, 5.41) is 9.57. The smallest absolute Gasteiger partial charge is 0.241 e. The van der Waals surface area contributed by atoms with Gasteiger partial charge in [-0.1, -0.05) is 42.5 Å². The second-order valence-electron chi connectivity index (χ2n) is 5.68. The number of nitrogens with two attached hydrogens (primary N) is 1. The average molecular weight is 320 g/mol. The van der Waals surface area contributed by atoms with E-state index in [2.05, 4.69) is 15.5 Å². The molecule has 1 amide bonds. The number of hydrogen-bond acceptors (Lipinski definition) is 3. The van der Waals surface area contributed by atoms with Crippen LogP contribution in [0, 0.1) is 0 Å². The Bertz CT molecular complexity index is 767. The summed E-state index contributed by atoms with van der Waals surface area (Å²) in [5.74, 6) is -0.165. The molecule has 4 N–H and O–H groups in total. The van der Waals surface area contributed by atoms with Gasteiger partial charge < -0.3 is 11.1 Å². The van der Waals surface area contributed by atoms with E-state index in [1.807, 2.05) is 60.8 Å². The third-order valence-corrected chi connectivity index (χ3v) is 3.91. The molecule has 0 saturated carbocycles. The van der Waals surface area contributed by atoms with Crippen LogP contribution >= 0.6 is 0 Å². The van der Waals surface area contributed by atoms with Crippen LogP contribution in [0.15, 0.2) is 67.0 Å². The van der Waals surface area contributed by atoms with Gasteiger partial charge in [-0.15, -0.1) is 0 Å². The minimum atomic E-state index is -0.529. The fraction of sp³-hybridized carbons (Fsp3) is 0.158. The summed E-state index contributed by atoms with van der Waals surface area (Å²) in [6.07, 6.45) is 4.98. The number of carbonyl (C=O) groups excluding carboxylic acids is 1. The summed E-state index contributed by atoms with van der Waals surface area (Å²) in [6.45, 7) is 0. The number of amides is 1. The SMILES string of the molecule is NC(CCc1ccccc1)C(=O)Nc1ccc(-c2cn[nH]c2)cc1. The number of aryl methyl sites for hydroxylation is 1. The van der Waals surface area contributed by atoms with Crippen molar-refractivity contribution in [1.82, 2.24) is 10.2 Å². The molecule has 3 aromatic rings. The lowest BCUT2D eigenvalue weighted by Gasteiger charge is -2.12. The van der Waals surface area contributed by atoms with Gasteiger partial charge >= 0.3 is 0 Å². The summed E-state index contributed by atoms with van der Waals surface area (Å²) >= 11 is 0. The van der Waals surface area contributed by atoms with Crippen molar-refractivity contribution >= 4 is 11.6 Å². The molecule has 122 valence electrons. The number of aromatic amines is 1. The Morgan fingerprint density at radius 1 is 1.08 bits per heavy atom. The lowest BCUT2D eigenvalue weighted by molar-refractivity contribution is -0.117. The van der Waals surface area contributed by atoms with Gasteiger partial charge in [0, 0.05) is 17.4 Å². The van der Waals surface area contributed by atoms with Crippen LogP contribution in [0.4, 0.5) is 5.69 Å². The van der Waals surface area contributed by atoms with Crippen molar-refractivity contribution < 1.29 is 4.79 Å². The van der Waals surface area contributed by atoms with E-state index in [9.17, 15) is 4.79 Å². The van der Waals surface area contributed by atoms with Gasteiger partial charge in [-0.2, -0.15) is 5.10 Å². The number of carbonyl (C=O) groups is 1. The van der Waals surface area contributed by atoms with Crippen LogP contribution in [0.1, 0.15) is 12.0 Å². The molecule has 5 nitrogen and oxygen atoms in total. The van der Waals surface area contributed by atoms with Crippen LogP contribution in [0.25, 0.3) is 11.1 Å². The molecule has 0 saturated heterocycles. The van der Waals surface area contributed by atoms with Crippen LogP contribution in [-0.2, 0) is 11.2 Å². The van der Waals surface area contributed by atoms with E-state index in [0.717, 1.165) is 23.2 Å². The largest absolute Gasteiger partial charge is 0.325 e. The number of nitrogens with one attached hydrogen (secondary N) is 2. The van der Waals surface area contributed by atoms with Crippen molar-refractivity contribution in [3.05, 3.63) is 72.6 Å². The molecule has 1 heterocycles. The molecule has 0 radical (unpaired) electrons. The lowest BCUT2D eigenvalue weighted by Crippen LogP contribution is -2.36. The fourth-order valence-electron chi connectivity index (χ4n) is 2.49. The number of H-pyrrole nitrogens is 1. The predicted molar refractivity (Wildman–Crippen MR) is 95.4 cm³/mol. The van der Waals surface area contributed by atoms with Gasteiger partial charge in [0.15, 0.2) is 0 Å². The Morgan fingerprint density at radius 3 is 2.50 bits per heavy atom. The highest BCUT2D eigenvalue weighted by Gasteiger charge is 2.13. The maximum Gasteiger partial charge on any atom is 0.241 e. The first-order valence-electron chi connectivity index (χ1n) is 7.92. The molecule has 5 heteroatoms. The predicted octanol–water partition coefficient (Wildman–Crippen LogP) is 2.98. The van der Waals surface area contributed by atoms with E-state index < -0.39 is 6.04 Å².